The highest BCUT2D eigenvalue weighted by Crippen LogP contribution is 2.20. The first-order valence-corrected chi connectivity index (χ1v) is 4.25. The number of nitrogen functional groups attached to an aromatic ring is 2. The van der Waals surface area contributed by atoms with Crippen LogP contribution >= 0.6 is 0 Å². The molecular weight excluding hydrogens is 152 g/mol. The molecule has 0 saturated carbocycles. The number of nitrogens with two attached hydrogens (primary N) is 2. The third kappa shape index (κ3) is 1.52. The lowest BCUT2D eigenvalue weighted by Crippen LogP contribution is -2.10. The van der Waals surface area contributed by atoms with Crippen LogP contribution in [-0.4, -0.2) is 9.78 Å². The van der Waals surface area contributed by atoms with Crippen molar-refractivity contribution in [2.24, 2.45) is 0 Å². The van der Waals surface area contributed by atoms with E-state index in [1.165, 1.54) is 0 Å². The normalized spacial score (nSPS) is 13.2. The molecule has 0 aliphatic carbocycles. The zero-order valence-electron chi connectivity index (χ0n) is 7.62. The van der Waals surface area contributed by atoms with Gasteiger partial charge in [0, 0.05) is 0 Å². The first-order chi connectivity index (χ1) is 5.66. The van der Waals surface area contributed by atoms with Crippen molar-refractivity contribution >= 4 is 11.5 Å². The number of nitrogens with zero attached hydrogens (tertiary/aromatic N) is 2. The molecule has 0 radical (unpaired) electrons. The molecule has 12 heavy (non-hydrogen) atoms. The zero-order valence-corrected chi connectivity index (χ0v) is 7.62. The molecule has 1 aromatic heterocycles. The van der Waals surface area contributed by atoms with Gasteiger partial charge in [-0.1, -0.05) is 13.3 Å². The summed E-state index contributed by atoms with van der Waals surface area (Å²) < 4.78 is 1.78. The van der Waals surface area contributed by atoms with Gasteiger partial charge in [0.25, 0.3) is 0 Å². The van der Waals surface area contributed by atoms with E-state index in [0.29, 0.717) is 17.5 Å². The Morgan fingerprint density at radius 2 is 2.25 bits per heavy atom. The predicted molar refractivity (Wildman–Crippen MR) is 50.7 cm³/mol. The van der Waals surface area contributed by atoms with Crippen LogP contribution in [0.4, 0.5) is 11.5 Å². The second-order valence-electron chi connectivity index (χ2n) is 3.07. The molecule has 0 spiro atoms. The fourth-order valence-corrected chi connectivity index (χ4v) is 1.28. The fraction of sp³-hybridized carbons (Fsp3) is 0.625. The predicted octanol–water partition coefficient (Wildman–Crippen LogP) is 1.41. The molecule has 1 unspecified atom stereocenters. The van der Waals surface area contributed by atoms with Crippen LogP contribution in [0.25, 0.3) is 0 Å². The molecule has 4 nitrogen and oxygen atoms in total. The number of hydrogen-bond donors (Lipinski definition) is 2. The van der Waals surface area contributed by atoms with Gasteiger partial charge in [0.1, 0.15) is 5.82 Å². The second kappa shape index (κ2) is 3.47. The van der Waals surface area contributed by atoms with E-state index in [2.05, 4.69) is 18.9 Å². The van der Waals surface area contributed by atoms with Crippen LogP contribution in [0.15, 0.2) is 6.20 Å². The van der Waals surface area contributed by atoms with Gasteiger partial charge >= 0.3 is 0 Å². The van der Waals surface area contributed by atoms with Gasteiger partial charge in [0.05, 0.1) is 17.9 Å². The largest absolute Gasteiger partial charge is 0.394 e. The van der Waals surface area contributed by atoms with E-state index in [-0.39, 0.29) is 0 Å². The molecule has 1 rings (SSSR count). The second-order valence-corrected chi connectivity index (χ2v) is 3.07. The van der Waals surface area contributed by atoms with Crippen molar-refractivity contribution in [3.63, 3.8) is 0 Å². The van der Waals surface area contributed by atoms with Gasteiger partial charge in [-0.05, 0) is 13.3 Å². The first kappa shape index (κ1) is 8.90. The maximum Gasteiger partial charge on any atom is 0.145 e. The highest BCUT2D eigenvalue weighted by atomic mass is 15.3. The summed E-state index contributed by atoms with van der Waals surface area (Å²) in [5, 5.41) is 4.10. The van der Waals surface area contributed by atoms with Crippen LogP contribution in [0.3, 0.4) is 0 Å². The Morgan fingerprint density at radius 3 is 2.67 bits per heavy atom. The van der Waals surface area contributed by atoms with Gasteiger partial charge in [-0.3, -0.25) is 0 Å². The van der Waals surface area contributed by atoms with E-state index in [1.54, 1.807) is 10.9 Å². The topological polar surface area (TPSA) is 69.9 Å². The van der Waals surface area contributed by atoms with E-state index in [0.717, 1.165) is 12.8 Å². The summed E-state index contributed by atoms with van der Waals surface area (Å²) in [6, 6.07) is 0.340. The van der Waals surface area contributed by atoms with Crippen molar-refractivity contribution in [3.8, 4) is 0 Å². The summed E-state index contributed by atoms with van der Waals surface area (Å²) >= 11 is 0. The molecule has 0 fully saturated rings. The average Bonchev–Trinajstić information content (AvgIpc) is 2.34. The number of hydrogen-bond acceptors (Lipinski definition) is 3. The SMILES string of the molecule is CCCC(C)n1ncc(N)c1N. The molecule has 1 heterocycles. The molecule has 1 atom stereocenters. The molecule has 4 heteroatoms. The van der Waals surface area contributed by atoms with Crippen molar-refractivity contribution in [3.05, 3.63) is 6.20 Å². The lowest BCUT2D eigenvalue weighted by atomic mass is 10.2. The van der Waals surface area contributed by atoms with Crippen LogP contribution in [0.2, 0.25) is 0 Å². The third-order valence-electron chi connectivity index (χ3n) is 1.99. The minimum Gasteiger partial charge on any atom is -0.394 e. The van der Waals surface area contributed by atoms with Gasteiger partial charge in [0.15, 0.2) is 0 Å². The van der Waals surface area contributed by atoms with Gasteiger partial charge in [-0.15, -0.1) is 0 Å². The lowest BCUT2D eigenvalue weighted by Gasteiger charge is -2.12. The summed E-state index contributed by atoms with van der Waals surface area (Å²) in [6.45, 7) is 4.23. The highest BCUT2D eigenvalue weighted by molar-refractivity contribution is 5.57. The zero-order chi connectivity index (χ0) is 9.14. The summed E-state index contributed by atoms with van der Waals surface area (Å²) in [5.74, 6) is 0.580. The molecule has 0 saturated heterocycles. The van der Waals surface area contributed by atoms with Crippen LogP contribution in [0.5, 0.6) is 0 Å². The smallest absolute Gasteiger partial charge is 0.145 e. The lowest BCUT2D eigenvalue weighted by molar-refractivity contribution is 0.461. The minimum atomic E-state index is 0.340. The third-order valence-corrected chi connectivity index (χ3v) is 1.99. The number of rotatable bonds is 3. The molecule has 4 N–H and O–H groups in total. The maximum atomic E-state index is 5.71. The van der Waals surface area contributed by atoms with E-state index in [4.69, 9.17) is 11.5 Å². The quantitative estimate of drug-likeness (QED) is 0.716. The Labute approximate surface area is 72.5 Å². The van der Waals surface area contributed by atoms with Crippen molar-refractivity contribution < 1.29 is 0 Å². The minimum absolute atomic E-state index is 0.340. The van der Waals surface area contributed by atoms with E-state index < -0.39 is 0 Å². The maximum absolute atomic E-state index is 5.71. The molecule has 0 aromatic carbocycles. The van der Waals surface area contributed by atoms with E-state index in [9.17, 15) is 0 Å². The summed E-state index contributed by atoms with van der Waals surface area (Å²) in [4.78, 5) is 0. The van der Waals surface area contributed by atoms with Gasteiger partial charge in [-0.2, -0.15) is 5.10 Å². The Kier molecular flexibility index (Phi) is 2.58. The Bertz CT molecular complexity index is 254. The Balaban J connectivity index is 2.80. The van der Waals surface area contributed by atoms with Crippen molar-refractivity contribution in [1.29, 1.82) is 0 Å². The van der Waals surface area contributed by atoms with E-state index in [1.807, 2.05) is 0 Å². The summed E-state index contributed by atoms with van der Waals surface area (Å²) in [7, 11) is 0. The van der Waals surface area contributed by atoms with Gasteiger partial charge in [0.2, 0.25) is 0 Å². The molecule has 68 valence electrons. The van der Waals surface area contributed by atoms with Gasteiger partial charge in [-0.25, -0.2) is 4.68 Å². The van der Waals surface area contributed by atoms with E-state index >= 15 is 0 Å². The summed E-state index contributed by atoms with van der Waals surface area (Å²) in [5.41, 5.74) is 11.8. The molecule has 0 amide bonds. The monoisotopic (exact) mass is 168 g/mol. The highest BCUT2D eigenvalue weighted by Gasteiger charge is 2.09. The standard InChI is InChI=1S/C8H16N4/c1-3-4-6(2)12-8(10)7(9)5-11-12/h5-6H,3-4,9-10H2,1-2H3. The average molecular weight is 168 g/mol. The van der Waals surface area contributed by atoms with Crippen LogP contribution < -0.4 is 11.5 Å². The Hall–Kier alpha value is -1.19. The fourth-order valence-electron chi connectivity index (χ4n) is 1.28. The van der Waals surface area contributed by atoms with Crippen LogP contribution in [0.1, 0.15) is 32.7 Å². The molecule has 0 aliphatic heterocycles. The van der Waals surface area contributed by atoms with Crippen LogP contribution in [0, 0.1) is 0 Å². The van der Waals surface area contributed by atoms with Crippen LogP contribution in [-0.2, 0) is 0 Å². The van der Waals surface area contributed by atoms with Gasteiger partial charge < -0.3 is 11.5 Å². The first-order valence-electron chi connectivity index (χ1n) is 4.25. The molecule has 1 aromatic rings. The summed E-state index contributed by atoms with van der Waals surface area (Å²) in [6.07, 6.45) is 3.80. The van der Waals surface area contributed by atoms with Crippen molar-refractivity contribution in [1.82, 2.24) is 9.78 Å². The molecule has 0 bridgehead atoms. The number of anilines is 2. The van der Waals surface area contributed by atoms with Crippen molar-refractivity contribution in [2.45, 2.75) is 32.7 Å². The molecular formula is C8H16N4. The molecule has 0 aliphatic rings. The Morgan fingerprint density at radius 1 is 1.58 bits per heavy atom. The van der Waals surface area contributed by atoms with Crippen molar-refractivity contribution in [2.75, 3.05) is 11.5 Å². The number of aromatic nitrogens is 2.